The van der Waals surface area contributed by atoms with Crippen LogP contribution in [0, 0.1) is 0 Å². The van der Waals surface area contributed by atoms with Crippen molar-refractivity contribution in [3.63, 3.8) is 0 Å². The Morgan fingerprint density at radius 3 is 1.12 bits per heavy atom. The van der Waals surface area contributed by atoms with E-state index in [1.165, 1.54) is 0 Å². The first-order valence-corrected chi connectivity index (χ1v) is 19.8. The van der Waals surface area contributed by atoms with Crippen LogP contribution in [-0.4, -0.2) is 56.9 Å². The smallest absolute Gasteiger partial charge is 0.169 e. The quantitative estimate of drug-likeness (QED) is 0.0699. The molecule has 314 valence electrons. The van der Waals surface area contributed by atoms with Gasteiger partial charge in [0.25, 0.3) is 0 Å². The molecule has 0 fully saturated rings. The summed E-state index contributed by atoms with van der Waals surface area (Å²) < 4.78 is 58.7. The highest BCUT2D eigenvalue weighted by atomic mass is 16.5. The van der Waals surface area contributed by atoms with Crippen LogP contribution in [0.2, 0.25) is 0 Å². The van der Waals surface area contributed by atoms with E-state index < -0.39 is 0 Å². The van der Waals surface area contributed by atoms with E-state index in [2.05, 4.69) is 12.1 Å². The van der Waals surface area contributed by atoms with Gasteiger partial charge >= 0.3 is 0 Å². The predicted molar refractivity (Wildman–Crippen MR) is 233 cm³/mol. The molecule has 0 amide bonds. The Bertz CT molecular complexity index is 2220. The maximum absolute atomic E-state index is 6.71. The fraction of sp³-hybridized carbons (Fsp3) is 0.280. The number of hydrogen-bond donors (Lipinski definition) is 0. The van der Waals surface area contributed by atoms with Gasteiger partial charge in [-0.3, -0.25) is 0 Å². The minimum Gasteiger partial charge on any atom is -0.497 e. The van der Waals surface area contributed by atoms with Crippen molar-refractivity contribution in [2.75, 3.05) is 56.9 Å². The number of rotatable bonds is 21. The average molecular weight is 815 g/mol. The topological polar surface area (TPSA) is 92.3 Å². The molecule has 0 aliphatic heterocycles. The largest absolute Gasteiger partial charge is 0.497 e. The molecule has 0 heterocycles. The molecule has 0 aromatic heterocycles. The predicted octanol–water partition coefficient (Wildman–Crippen LogP) is 10.7. The Kier molecular flexibility index (Phi) is 14.9. The molecule has 0 radical (unpaired) electrons. The van der Waals surface area contributed by atoms with Gasteiger partial charge in [-0.15, -0.1) is 0 Å². The summed E-state index contributed by atoms with van der Waals surface area (Å²) in [5.41, 5.74) is 6.33. The van der Waals surface area contributed by atoms with Crippen molar-refractivity contribution in [3.8, 4) is 69.0 Å². The van der Waals surface area contributed by atoms with Gasteiger partial charge in [0.15, 0.2) is 34.5 Å². The lowest BCUT2D eigenvalue weighted by Gasteiger charge is -2.18. The summed E-state index contributed by atoms with van der Waals surface area (Å²) in [4.78, 5) is 0. The van der Waals surface area contributed by atoms with Gasteiger partial charge in [-0.25, -0.2) is 0 Å². The molecule has 0 bridgehead atoms. The second kappa shape index (κ2) is 20.8. The highest BCUT2D eigenvalue weighted by molar-refractivity contribution is 5.56. The van der Waals surface area contributed by atoms with Crippen molar-refractivity contribution >= 4 is 0 Å². The zero-order valence-electron chi connectivity index (χ0n) is 35.7. The summed E-state index contributed by atoms with van der Waals surface area (Å²) in [7, 11) is 13.2. The maximum Gasteiger partial charge on any atom is 0.169 e. The van der Waals surface area contributed by atoms with Crippen LogP contribution in [0.25, 0.3) is 0 Å². The van der Waals surface area contributed by atoms with Gasteiger partial charge in [-0.1, -0.05) is 30.3 Å². The summed E-state index contributed by atoms with van der Waals surface area (Å²) in [6, 6.07) is 35.7. The molecule has 10 nitrogen and oxygen atoms in total. The van der Waals surface area contributed by atoms with E-state index in [-0.39, 0.29) is 0 Å². The third-order valence-corrected chi connectivity index (χ3v) is 10.3. The van der Waals surface area contributed by atoms with Crippen LogP contribution < -0.4 is 47.4 Å². The van der Waals surface area contributed by atoms with Gasteiger partial charge in [0.1, 0.15) is 34.5 Å². The van der Waals surface area contributed by atoms with E-state index in [1.807, 2.05) is 97.1 Å². The van der Waals surface area contributed by atoms with E-state index in [1.54, 1.807) is 56.9 Å². The summed E-state index contributed by atoms with van der Waals surface area (Å²) in [6.07, 6.45) is 4.36. The van der Waals surface area contributed by atoms with Gasteiger partial charge in [0.05, 0.1) is 56.9 Å². The molecule has 0 atom stereocenters. The first-order valence-electron chi connectivity index (χ1n) is 19.8. The highest BCUT2D eigenvalue weighted by Crippen LogP contribution is 2.42. The van der Waals surface area contributed by atoms with Gasteiger partial charge in [0.2, 0.25) is 0 Å². The van der Waals surface area contributed by atoms with Crippen molar-refractivity contribution in [1.82, 2.24) is 0 Å². The molecule has 0 saturated heterocycles. The van der Waals surface area contributed by atoms with E-state index in [0.717, 1.165) is 64.1 Å². The third kappa shape index (κ3) is 10.9. The van der Waals surface area contributed by atoms with Gasteiger partial charge in [-0.2, -0.15) is 0 Å². The van der Waals surface area contributed by atoms with Gasteiger partial charge in [0, 0.05) is 18.2 Å². The molecule has 0 aliphatic carbocycles. The first kappa shape index (κ1) is 42.9. The van der Waals surface area contributed by atoms with Crippen LogP contribution in [0.1, 0.15) is 33.4 Å². The molecule has 0 spiro atoms. The second-order valence-corrected chi connectivity index (χ2v) is 14.0. The van der Waals surface area contributed by atoms with Crippen molar-refractivity contribution < 1.29 is 47.4 Å². The molecule has 6 aromatic carbocycles. The van der Waals surface area contributed by atoms with E-state index in [4.69, 9.17) is 47.4 Å². The Morgan fingerprint density at radius 1 is 0.267 bits per heavy atom. The van der Waals surface area contributed by atoms with Gasteiger partial charge < -0.3 is 47.4 Å². The first-order chi connectivity index (χ1) is 29.3. The van der Waals surface area contributed by atoms with Crippen LogP contribution in [0.5, 0.6) is 69.0 Å². The third-order valence-electron chi connectivity index (χ3n) is 10.3. The van der Waals surface area contributed by atoms with Crippen LogP contribution in [0.3, 0.4) is 0 Å². The Labute approximate surface area is 353 Å². The van der Waals surface area contributed by atoms with Crippen LogP contribution >= 0.6 is 0 Å². The molecular formula is C50H54O10. The highest BCUT2D eigenvalue weighted by Gasteiger charge is 2.18. The lowest BCUT2D eigenvalue weighted by atomic mass is 10.0. The molecular weight excluding hydrogens is 761 g/mol. The lowest BCUT2D eigenvalue weighted by Crippen LogP contribution is -2.01. The van der Waals surface area contributed by atoms with Crippen LogP contribution in [0.4, 0.5) is 0 Å². The Morgan fingerprint density at radius 2 is 0.667 bits per heavy atom. The van der Waals surface area contributed by atoms with Crippen LogP contribution in [0.15, 0.2) is 109 Å². The number of methoxy groups -OCH3 is 8. The SMILES string of the molecule is COc1cccc(CCc2cc(Oc3cc(CCc4ccc(OC)c(OC)c4)cc(Oc4cc(CCc5cccc(OC)c5)c(OC)cc4OC)c3)c(OC)cc2OC)c1. The number of benzene rings is 6. The number of aryl methyl sites for hydroxylation is 6. The molecule has 60 heavy (non-hydrogen) atoms. The second-order valence-electron chi connectivity index (χ2n) is 14.0. The Balaban J connectivity index is 1.34. The average Bonchev–Trinajstić information content (AvgIpc) is 3.29. The monoisotopic (exact) mass is 814 g/mol. The molecule has 6 aromatic rings. The van der Waals surface area contributed by atoms with E-state index in [9.17, 15) is 0 Å². The molecule has 0 aliphatic rings. The molecule has 0 N–H and O–H groups in total. The van der Waals surface area contributed by atoms with Crippen molar-refractivity contribution in [3.05, 3.63) is 143 Å². The van der Waals surface area contributed by atoms with E-state index >= 15 is 0 Å². The number of hydrogen-bond acceptors (Lipinski definition) is 10. The minimum absolute atomic E-state index is 0.535. The van der Waals surface area contributed by atoms with Crippen molar-refractivity contribution in [1.29, 1.82) is 0 Å². The summed E-state index contributed by atoms with van der Waals surface area (Å²) in [6.45, 7) is 0. The normalized spacial score (nSPS) is 10.7. The number of ether oxygens (including phenoxy) is 10. The summed E-state index contributed by atoms with van der Waals surface area (Å²) in [5.74, 6) is 7.72. The molecule has 10 heteroatoms. The fourth-order valence-electron chi connectivity index (χ4n) is 7.10. The van der Waals surface area contributed by atoms with Gasteiger partial charge in [-0.05, 0) is 133 Å². The zero-order chi connectivity index (χ0) is 42.4. The summed E-state index contributed by atoms with van der Waals surface area (Å²) in [5, 5.41) is 0. The van der Waals surface area contributed by atoms with Crippen molar-refractivity contribution in [2.45, 2.75) is 38.5 Å². The summed E-state index contributed by atoms with van der Waals surface area (Å²) >= 11 is 0. The standard InChI is InChI=1S/C50H54O10/c1-51-39-13-9-11-33(23-39)17-20-37-28-49(47(57-7)31-44(37)54-4)59-41-25-36(16-15-35-19-22-43(53-3)46(27-35)56-6)26-42(30-41)60-50-29-38(45(55-5)32-48(50)58-8)21-18-34-12-10-14-40(24-34)52-2/h9-14,19,22-32H,15-18,20-21H2,1-8H3. The fourth-order valence-corrected chi connectivity index (χ4v) is 7.10. The van der Waals surface area contributed by atoms with E-state index in [0.29, 0.717) is 76.8 Å². The Hall–Kier alpha value is -6.68. The minimum atomic E-state index is 0.535. The lowest BCUT2D eigenvalue weighted by molar-refractivity contribution is 0.354. The van der Waals surface area contributed by atoms with Crippen molar-refractivity contribution in [2.24, 2.45) is 0 Å². The molecule has 0 unspecified atom stereocenters. The zero-order valence-corrected chi connectivity index (χ0v) is 35.7. The molecule has 0 saturated carbocycles. The molecule has 6 rings (SSSR count). The van der Waals surface area contributed by atoms with Crippen LogP contribution in [-0.2, 0) is 38.5 Å². The maximum atomic E-state index is 6.71.